The lowest BCUT2D eigenvalue weighted by molar-refractivity contribution is -0.0353. The number of carbonyl (C=O) groups is 2. The lowest BCUT2D eigenvalue weighted by Crippen LogP contribution is -2.50. The van der Waals surface area contributed by atoms with E-state index in [0.717, 1.165) is 37.2 Å². The Kier molecular flexibility index (Phi) is 8.25. The summed E-state index contributed by atoms with van der Waals surface area (Å²) in [6.45, 7) is 7.45. The van der Waals surface area contributed by atoms with Crippen LogP contribution in [-0.4, -0.2) is 99.3 Å². The number of aryl methyl sites for hydroxylation is 1. The molecule has 0 bridgehead atoms. The van der Waals surface area contributed by atoms with Crippen LogP contribution in [0.25, 0.3) is 0 Å². The molecule has 0 saturated carbocycles. The highest BCUT2D eigenvalue weighted by Crippen LogP contribution is 2.28. The smallest absolute Gasteiger partial charge is 0.254 e. The van der Waals surface area contributed by atoms with E-state index in [1.165, 1.54) is 0 Å². The van der Waals surface area contributed by atoms with Crippen molar-refractivity contribution in [2.45, 2.75) is 19.4 Å². The summed E-state index contributed by atoms with van der Waals surface area (Å²) in [5.74, 6) is 1.22. The molecule has 2 saturated heterocycles. The van der Waals surface area contributed by atoms with E-state index in [-0.39, 0.29) is 17.9 Å². The van der Waals surface area contributed by atoms with Crippen molar-refractivity contribution in [3.63, 3.8) is 0 Å². The third kappa shape index (κ3) is 5.94. The van der Waals surface area contributed by atoms with Crippen molar-refractivity contribution in [2.75, 3.05) is 66.6 Å². The molecule has 0 aliphatic carbocycles. The normalized spacial score (nSPS) is 19.2. The van der Waals surface area contributed by atoms with E-state index in [9.17, 15) is 9.59 Å². The fourth-order valence-corrected chi connectivity index (χ4v) is 4.79. The van der Waals surface area contributed by atoms with Gasteiger partial charge in [0.15, 0.2) is 11.5 Å². The van der Waals surface area contributed by atoms with E-state index in [1.807, 2.05) is 41.0 Å². The fourth-order valence-electron chi connectivity index (χ4n) is 4.79. The highest BCUT2D eigenvalue weighted by molar-refractivity contribution is 5.96. The molecule has 1 atom stereocenters. The van der Waals surface area contributed by atoms with Gasteiger partial charge >= 0.3 is 0 Å². The number of hydrogen-bond acceptors (Lipinski definition) is 6. The summed E-state index contributed by atoms with van der Waals surface area (Å²) in [7, 11) is 3.15. The molecule has 0 spiro atoms. The van der Waals surface area contributed by atoms with E-state index in [2.05, 4.69) is 4.90 Å². The van der Waals surface area contributed by atoms with Crippen molar-refractivity contribution in [3.05, 3.63) is 59.2 Å². The zero-order valence-corrected chi connectivity index (χ0v) is 20.9. The molecule has 2 aromatic rings. The van der Waals surface area contributed by atoms with Crippen molar-refractivity contribution < 1.29 is 23.8 Å². The highest BCUT2D eigenvalue weighted by Gasteiger charge is 2.28. The topological polar surface area (TPSA) is 71.6 Å². The van der Waals surface area contributed by atoms with Gasteiger partial charge in [-0.3, -0.25) is 14.5 Å². The first-order chi connectivity index (χ1) is 17.0. The van der Waals surface area contributed by atoms with Gasteiger partial charge in [0.1, 0.15) is 0 Å². The molecule has 2 aliphatic heterocycles. The molecule has 0 N–H and O–H groups in total. The lowest BCUT2D eigenvalue weighted by Gasteiger charge is -2.35. The van der Waals surface area contributed by atoms with Crippen LogP contribution in [-0.2, 0) is 4.74 Å². The number of amides is 2. The van der Waals surface area contributed by atoms with Gasteiger partial charge in [0.2, 0.25) is 0 Å². The Balaban J connectivity index is 1.33. The minimum atomic E-state index is -0.0372. The van der Waals surface area contributed by atoms with E-state index < -0.39 is 0 Å². The van der Waals surface area contributed by atoms with E-state index in [0.29, 0.717) is 49.8 Å². The zero-order valence-electron chi connectivity index (χ0n) is 20.9. The minimum Gasteiger partial charge on any atom is -0.493 e. The van der Waals surface area contributed by atoms with Gasteiger partial charge < -0.3 is 24.0 Å². The Hall–Kier alpha value is -3.10. The number of methoxy groups -OCH3 is 2. The summed E-state index contributed by atoms with van der Waals surface area (Å²) in [5, 5.41) is 0. The van der Waals surface area contributed by atoms with Crippen molar-refractivity contribution in [1.29, 1.82) is 0 Å². The number of ether oxygens (including phenoxy) is 3. The van der Waals surface area contributed by atoms with Gasteiger partial charge in [0.25, 0.3) is 11.8 Å². The molecule has 0 aromatic heterocycles. The maximum Gasteiger partial charge on any atom is 0.254 e. The van der Waals surface area contributed by atoms with Gasteiger partial charge in [-0.2, -0.15) is 0 Å². The predicted octanol–water partition coefficient (Wildman–Crippen LogP) is 2.70. The van der Waals surface area contributed by atoms with E-state index >= 15 is 0 Å². The summed E-state index contributed by atoms with van der Waals surface area (Å²) in [6, 6.07) is 13.0. The van der Waals surface area contributed by atoms with Crippen LogP contribution in [0.3, 0.4) is 0 Å². The molecule has 188 valence electrons. The summed E-state index contributed by atoms with van der Waals surface area (Å²) in [5.41, 5.74) is 2.34. The van der Waals surface area contributed by atoms with Gasteiger partial charge in [-0.05, 0) is 49.7 Å². The summed E-state index contributed by atoms with van der Waals surface area (Å²) in [4.78, 5) is 32.3. The van der Waals surface area contributed by atoms with Crippen molar-refractivity contribution in [1.82, 2.24) is 14.7 Å². The lowest BCUT2D eigenvalue weighted by atomic mass is 10.1. The van der Waals surface area contributed by atoms with Gasteiger partial charge in [-0.25, -0.2) is 0 Å². The highest BCUT2D eigenvalue weighted by atomic mass is 16.5. The quantitative estimate of drug-likeness (QED) is 0.632. The third-order valence-corrected chi connectivity index (χ3v) is 6.77. The Morgan fingerprint density at radius 2 is 1.71 bits per heavy atom. The van der Waals surface area contributed by atoms with E-state index in [1.54, 1.807) is 32.4 Å². The summed E-state index contributed by atoms with van der Waals surface area (Å²) < 4.78 is 16.7. The van der Waals surface area contributed by atoms with E-state index in [4.69, 9.17) is 14.2 Å². The van der Waals surface area contributed by atoms with Crippen LogP contribution >= 0.6 is 0 Å². The molecule has 8 heteroatoms. The van der Waals surface area contributed by atoms with Gasteiger partial charge in [-0.15, -0.1) is 0 Å². The zero-order chi connectivity index (χ0) is 24.8. The SMILES string of the molecule is COc1ccc(C(=O)N2CCCN(CC3CN(C(=O)c4ccccc4C)CCO3)CC2)cc1OC. The number of hydrogen-bond donors (Lipinski definition) is 0. The molecule has 35 heavy (non-hydrogen) atoms. The van der Waals surface area contributed by atoms with Gasteiger partial charge in [0, 0.05) is 50.4 Å². The molecule has 1 unspecified atom stereocenters. The molecule has 2 heterocycles. The standard InChI is InChI=1S/C27H35N3O5/c1-20-7-4-5-8-23(20)27(32)30-15-16-35-22(19-30)18-28-11-6-12-29(14-13-28)26(31)21-9-10-24(33-2)25(17-21)34-3/h4-5,7-10,17,22H,6,11-16,18-19H2,1-3H3. The Morgan fingerprint density at radius 1 is 0.914 bits per heavy atom. The second-order valence-electron chi connectivity index (χ2n) is 9.08. The molecule has 8 nitrogen and oxygen atoms in total. The van der Waals surface area contributed by atoms with Crippen molar-refractivity contribution >= 4 is 11.8 Å². The minimum absolute atomic E-state index is 0.00303. The van der Waals surface area contributed by atoms with Crippen LogP contribution in [0.2, 0.25) is 0 Å². The first kappa shape index (κ1) is 25.0. The number of carbonyl (C=O) groups excluding carboxylic acids is 2. The number of benzene rings is 2. The molecule has 2 amide bonds. The molecule has 4 rings (SSSR count). The Morgan fingerprint density at radius 3 is 2.49 bits per heavy atom. The molecular weight excluding hydrogens is 446 g/mol. The van der Waals surface area contributed by atoms with Crippen LogP contribution in [0.5, 0.6) is 11.5 Å². The molecular formula is C27H35N3O5. The van der Waals surface area contributed by atoms with Gasteiger partial charge in [0.05, 0.1) is 26.9 Å². The average Bonchev–Trinajstić information content (AvgIpc) is 3.13. The fraction of sp³-hybridized carbons (Fsp3) is 0.481. The van der Waals surface area contributed by atoms with Gasteiger partial charge in [-0.1, -0.05) is 18.2 Å². The first-order valence-corrected chi connectivity index (χ1v) is 12.2. The van der Waals surface area contributed by atoms with Crippen LogP contribution in [0.15, 0.2) is 42.5 Å². The number of morpholine rings is 1. The monoisotopic (exact) mass is 481 g/mol. The third-order valence-electron chi connectivity index (χ3n) is 6.77. The summed E-state index contributed by atoms with van der Waals surface area (Å²) in [6.07, 6.45) is 0.849. The van der Waals surface area contributed by atoms with Crippen LogP contribution in [0.4, 0.5) is 0 Å². The maximum atomic E-state index is 13.1. The second kappa shape index (κ2) is 11.6. The van der Waals surface area contributed by atoms with Crippen LogP contribution in [0.1, 0.15) is 32.7 Å². The van der Waals surface area contributed by atoms with Crippen LogP contribution in [0, 0.1) is 6.92 Å². The average molecular weight is 482 g/mol. The largest absolute Gasteiger partial charge is 0.493 e. The number of rotatable bonds is 6. The molecule has 2 aromatic carbocycles. The summed E-state index contributed by atoms with van der Waals surface area (Å²) >= 11 is 0. The maximum absolute atomic E-state index is 13.1. The molecule has 0 radical (unpaired) electrons. The van der Waals surface area contributed by atoms with Crippen molar-refractivity contribution in [3.8, 4) is 11.5 Å². The predicted molar refractivity (Wildman–Crippen MR) is 133 cm³/mol. The second-order valence-corrected chi connectivity index (χ2v) is 9.08. The number of nitrogens with zero attached hydrogens (tertiary/aromatic N) is 3. The first-order valence-electron chi connectivity index (χ1n) is 12.2. The van der Waals surface area contributed by atoms with Crippen molar-refractivity contribution in [2.24, 2.45) is 0 Å². The Labute approximate surface area is 207 Å². The molecule has 2 aliphatic rings. The van der Waals surface area contributed by atoms with Crippen LogP contribution < -0.4 is 9.47 Å². The molecule has 2 fully saturated rings. The Bertz CT molecular complexity index is 1040.